The number of aliphatic imine (C=N–C) groups is 2. The van der Waals surface area contributed by atoms with Crippen molar-refractivity contribution >= 4 is 18.2 Å². The van der Waals surface area contributed by atoms with E-state index in [1.807, 2.05) is 0 Å². The van der Waals surface area contributed by atoms with Crippen LogP contribution in [0.1, 0.15) is 12.8 Å². The molecule has 1 aliphatic carbocycles. The molecule has 12 heavy (non-hydrogen) atoms. The molecule has 0 saturated heterocycles. The van der Waals surface area contributed by atoms with E-state index in [4.69, 9.17) is 0 Å². The van der Waals surface area contributed by atoms with E-state index in [9.17, 15) is 4.79 Å². The monoisotopic (exact) mass is 160 g/mol. The van der Waals surface area contributed by atoms with E-state index < -0.39 is 0 Å². The van der Waals surface area contributed by atoms with E-state index in [-0.39, 0.29) is 5.78 Å². The average Bonchev–Trinajstić information content (AvgIpc) is 2.28. The highest BCUT2D eigenvalue weighted by atomic mass is 16.1. The topological polar surface area (TPSA) is 41.8 Å². The normalized spacial score (nSPS) is 21.2. The molecule has 0 unspecified atom stereocenters. The van der Waals surface area contributed by atoms with Crippen molar-refractivity contribution in [2.45, 2.75) is 12.8 Å². The number of allylic oxidation sites excluding steroid dienone is 2. The Morgan fingerprint density at radius 1 is 1.25 bits per heavy atom. The largest absolute Gasteiger partial charge is 0.295 e. The summed E-state index contributed by atoms with van der Waals surface area (Å²) in [6.45, 7) is 0. The second kappa shape index (κ2) is 2.85. The molecule has 0 saturated carbocycles. The molecule has 0 bridgehead atoms. The van der Waals surface area contributed by atoms with Gasteiger partial charge in [0, 0.05) is 31.1 Å². The van der Waals surface area contributed by atoms with Crippen molar-refractivity contribution in [3.63, 3.8) is 0 Å². The zero-order chi connectivity index (χ0) is 8.39. The van der Waals surface area contributed by atoms with Crippen molar-refractivity contribution in [2.24, 2.45) is 9.98 Å². The standard InChI is InChI=1S/C9H8N2O/c12-8-2-1-7-6-10-3-4-11-9(7)5-8/h3-6H,1-2H2. The molecule has 0 aromatic rings. The lowest BCUT2D eigenvalue weighted by molar-refractivity contribution is -0.114. The van der Waals surface area contributed by atoms with E-state index >= 15 is 0 Å². The number of carbonyl (C=O) groups is 1. The van der Waals surface area contributed by atoms with Gasteiger partial charge in [-0.3, -0.25) is 14.8 Å². The van der Waals surface area contributed by atoms with Crippen LogP contribution in [0, 0.1) is 0 Å². The van der Waals surface area contributed by atoms with Crippen LogP contribution in [0.5, 0.6) is 0 Å². The van der Waals surface area contributed by atoms with E-state index in [0.717, 1.165) is 17.7 Å². The molecular formula is C9H8N2O. The summed E-state index contributed by atoms with van der Waals surface area (Å²) in [6, 6.07) is 0. The lowest BCUT2D eigenvalue weighted by atomic mass is 9.99. The molecule has 0 amide bonds. The fourth-order valence-corrected chi connectivity index (χ4v) is 1.24. The Balaban J connectivity index is 2.43. The lowest BCUT2D eigenvalue weighted by Crippen LogP contribution is -2.03. The van der Waals surface area contributed by atoms with Crippen LogP contribution in [0.3, 0.4) is 0 Å². The Hall–Kier alpha value is -1.51. The lowest BCUT2D eigenvalue weighted by Gasteiger charge is -2.09. The minimum Gasteiger partial charge on any atom is -0.295 e. The van der Waals surface area contributed by atoms with Gasteiger partial charge in [0.25, 0.3) is 0 Å². The number of ketones is 1. The third kappa shape index (κ3) is 1.25. The van der Waals surface area contributed by atoms with Crippen molar-refractivity contribution in [3.05, 3.63) is 23.5 Å². The molecule has 0 fully saturated rings. The highest BCUT2D eigenvalue weighted by Gasteiger charge is 2.14. The molecule has 0 atom stereocenters. The smallest absolute Gasteiger partial charge is 0.158 e. The molecule has 1 aliphatic heterocycles. The van der Waals surface area contributed by atoms with Gasteiger partial charge in [-0.05, 0) is 12.0 Å². The minimum absolute atomic E-state index is 0.154. The van der Waals surface area contributed by atoms with Crippen LogP contribution < -0.4 is 0 Å². The molecule has 2 aliphatic rings. The maximum Gasteiger partial charge on any atom is 0.158 e. The first-order valence-corrected chi connectivity index (χ1v) is 3.86. The molecule has 0 spiro atoms. The van der Waals surface area contributed by atoms with Crippen molar-refractivity contribution in [2.75, 3.05) is 0 Å². The molecular weight excluding hydrogens is 152 g/mol. The summed E-state index contributed by atoms with van der Waals surface area (Å²) in [6.07, 6.45) is 7.93. The molecule has 60 valence electrons. The quantitative estimate of drug-likeness (QED) is 0.526. The van der Waals surface area contributed by atoms with Gasteiger partial charge >= 0.3 is 0 Å². The van der Waals surface area contributed by atoms with Gasteiger partial charge in [-0.2, -0.15) is 0 Å². The van der Waals surface area contributed by atoms with Crippen LogP contribution in [-0.4, -0.2) is 18.2 Å². The molecule has 0 radical (unpaired) electrons. The van der Waals surface area contributed by atoms with E-state index in [1.54, 1.807) is 24.7 Å². The predicted octanol–water partition coefficient (Wildman–Crippen LogP) is 1.27. The highest BCUT2D eigenvalue weighted by Crippen LogP contribution is 2.23. The van der Waals surface area contributed by atoms with Crippen LogP contribution in [-0.2, 0) is 4.79 Å². The summed E-state index contributed by atoms with van der Waals surface area (Å²) in [5.41, 5.74) is 1.82. The van der Waals surface area contributed by atoms with Gasteiger partial charge in [0.2, 0.25) is 0 Å². The number of nitrogens with zero attached hydrogens (tertiary/aromatic N) is 2. The summed E-state index contributed by atoms with van der Waals surface area (Å²) >= 11 is 0. The molecule has 0 aromatic carbocycles. The zero-order valence-corrected chi connectivity index (χ0v) is 6.53. The number of hydrogen-bond acceptors (Lipinski definition) is 3. The van der Waals surface area contributed by atoms with E-state index in [1.165, 1.54) is 0 Å². The summed E-state index contributed by atoms with van der Waals surface area (Å²) < 4.78 is 0. The van der Waals surface area contributed by atoms with Crippen LogP contribution in [0.4, 0.5) is 0 Å². The van der Waals surface area contributed by atoms with Crippen LogP contribution in [0.2, 0.25) is 0 Å². The molecule has 3 heteroatoms. The maximum absolute atomic E-state index is 11.0. The van der Waals surface area contributed by atoms with Gasteiger partial charge in [-0.1, -0.05) is 0 Å². The van der Waals surface area contributed by atoms with Gasteiger partial charge in [0.1, 0.15) is 0 Å². The summed E-state index contributed by atoms with van der Waals surface area (Å²) in [7, 11) is 0. The van der Waals surface area contributed by atoms with Crippen molar-refractivity contribution in [3.8, 4) is 0 Å². The Labute approximate surface area is 70.2 Å². The SMILES string of the molecule is O=C1C=C2N=CC=NC=C2CC1. The first-order chi connectivity index (χ1) is 5.86. The fourth-order valence-electron chi connectivity index (χ4n) is 1.24. The molecule has 0 N–H and O–H groups in total. The third-order valence-electron chi connectivity index (χ3n) is 1.86. The first-order valence-electron chi connectivity index (χ1n) is 3.86. The summed E-state index contributed by atoms with van der Waals surface area (Å²) in [5, 5.41) is 0. The highest BCUT2D eigenvalue weighted by molar-refractivity contribution is 6.17. The van der Waals surface area contributed by atoms with Gasteiger partial charge in [-0.15, -0.1) is 0 Å². The van der Waals surface area contributed by atoms with Crippen molar-refractivity contribution in [1.82, 2.24) is 0 Å². The van der Waals surface area contributed by atoms with Crippen LogP contribution >= 0.6 is 0 Å². The summed E-state index contributed by atoms with van der Waals surface area (Å²) in [5.74, 6) is 0.154. The minimum atomic E-state index is 0.154. The second-order valence-electron chi connectivity index (χ2n) is 2.73. The third-order valence-corrected chi connectivity index (χ3v) is 1.86. The number of hydrogen-bond donors (Lipinski definition) is 0. The molecule has 3 nitrogen and oxygen atoms in total. The van der Waals surface area contributed by atoms with Crippen molar-refractivity contribution < 1.29 is 4.79 Å². The van der Waals surface area contributed by atoms with E-state index in [0.29, 0.717) is 6.42 Å². The second-order valence-corrected chi connectivity index (χ2v) is 2.73. The van der Waals surface area contributed by atoms with Crippen LogP contribution in [0.15, 0.2) is 33.5 Å². The van der Waals surface area contributed by atoms with Gasteiger partial charge < -0.3 is 0 Å². The number of fused-ring (bicyclic) bond motifs is 1. The van der Waals surface area contributed by atoms with Gasteiger partial charge in [0.05, 0.1) is 5.70 Å². The Morgan fingerprint density at radius 3 is 3.08 bits per heavy atom. The first kappa shape index (κ1) is 7.16. The van der Waals surface area contributed by atoms with Gasteiger partial charge in [-0.25, -0.2) is 0 Å². The van der Waals surface area contributed by atoms with Gasteiger partial charge in [0.15, 0.2) is 5.78 Å². The summed E-state index contributed by atoms with van der Waals surface area (Å²) in [4.78, 5) is 19.1. The average molecular weight is 160 g/mol. The zero-order valence-electron chi connectivity index (χ0n) is 6.53. The van der Waals surface area contributed by atoms with E-state index in [2.05, 4.69) is 9.98 Å². The Bertz CT molecular complexity index is 334. The number of carbonyl (C=O) groups excluding carboxylic acids is 1. The number of rotatable bonds is 0. The maximum atomic E-state index is 11.0. The fraction of sp³-hybridized carbons (Fsp3) is 0.222. The van der Waals surface area contributed by atoms with Crippen LogP contribution in [0.25, 0.3) is 0 Å². The Kier molecular flexibility index (Phi) is 1.70. The predicted molar refractivity (Wildman–Crippen MR) is 47.4 cm³/mol. The Morgan fingerprint density at radius 2 is 2.17 bits per heavy atom. The van der Waals surface area contributed by atoms with Crippen molar-refractivity contribution in [1.29, 1.82) is 0 Å². The molecule has 0 aromatic heterocycles. The molecule has 1 heterocycles. The molecule has 2 rings (SSSR count).